The van der Waals surface area contributed by atoms with E-state index >= 15 is 0 Å². The zero-order valence-corrected chi connectivity index (χ0v) is 19.0. The van der Waals surface area contributed by atoms with E-state index in [1.807, 2.05) is 19.2 Å². The van der Waals surface area contributed by atoms with Crippen molar-refractivity contribution in [1.29, 1.82) is 0 Å². The molecule has 0 heterocycles. The molecule has 3 fully saturated rings. The van der Waals surface area contributed by atoms with Gasteiger partial charge in [-0.15, -0.1) is 0 Å². The fourth-order valence-corrected chi connectivity index (χ4v) is 6.94. The molecule has 4 rings (SSSR count). The van der Waals surface area contributed by atoms with Crippen LogP contribution in [0, 0.1) is 18.3 Å². The van der Waals surface area contributed by atoms with Crippen LogP contribution < -0.4 is 10.1 Å². The second-order valence-corrected chi connectivity index (χ2v) is 9.22. The van der Waals surface area contributed by atoms with Crippen LogP contribution in [0.1, 0.15) is 64.0 Å². The summed E-state index contributed by atoms with van der Waals surface area (Å²) in [5, 5.41) is 14.8. The number of aryl methyl sites for hydroxylation is 1. The number of ether oxygens (including phenoxy) is 2. The van der Waals surface area contributed by atoms with Crippen LogP contribution in [-0.2, 0) is 14.9 Å². The molecule has 0 aromatic heterocycles. The van der Waals surface area contributed by atoms with Crippen LogP contribution in [-0.4, -0.2) is 43.8 Å². The standard InChI is InChI=1S/C24H37NO4/c1-8-22(20-15(2)9-10-19(28-6)21(20)27)14-24(29-7)12-11-23(22,17(4)25-5)13-18(24)16(3)26/h9-10,17-18,25,27H,8,11-14H2,1-7H3/t17?,18?,22-,23?,24?/m0/s1. The Morgan fingerprint density at radius 3 is 2.55 bits per heavy atom. The van der Waals surface area contributed by atoms with E-state index in [0.29, 0.717) is 5.75 Å². The van der Waals surface area contributed by atoms with Crippen molar-refractivity contribution in [3.8, 4) is 11.5 Å². The monoisotopic (exact) mass is 403 g/mol. The molecule has 0 saturated heterocycles. The van der Waals surface area contributed by atoms with Crippen molar-refractivity contribution < 1.29 is 19.4 Å². The molecule has 3 aliphatic rings. The van der Waals surface area contributed by atoms with Gasteiger partial charge in [0.25, 0.3) is 0 Å². The number of ketones is 1. The van der Waals surface area contributed by atoms with Crippen LogP contribution in [0.3, 0.4) is 0 Å². The van der Waals surface area contributed by atoms with Crippen LogP contribution in [0.25, 0.3) is 0 Å². The Balaban J connectivity index is 2.34. The molecule has 29 heavy (non-hydrogen) atoms. The van der Waals surface area contributed by atoms with E-state index < -0.39 is 5.60 Å². The maximum absolute atomic E-state index is 12.7. The largest absolute Gasteiger partial charge is 0.504 e. The zero-order chi connectivity index (χ0) is 21.6. The summed E-state index contributed by atoms with van der Waals surface area (Å²) >= 11 is 0. The quantitative estimate of drug-likeness (QED) is 0.716. The van der Waals surface area contributed by atoms with Gasteiger partial charge >= 0.3 is 0 Å². The van der Waals surface area contributed by atoms with Crippen LogP contribution >= 0.6 is 0 Å². The van der Waals surface area contributed by atoms with Crippen molar-refractivity contribution in [3.63, 3.8) is 0 Å². The Bertz CT molecular complexity index is 793. The summed E-state index contributed by atoms with van der Waals surface area (Å²) in [5.41, 5.74) is 1.05. The number of fused-ring (bicyclic) bond motifs is 3. The molecular formula is C24H37NO4. The number of aromatic hydroxyl groups is 1. The van der Waals surface area contributed by atoms with Gasteiger partial charge < -0.3 is 19.9 Å². The van der Waals surface area contributed by atoms with E-state index in [1.165, 1.54) is 0 Å². The summed E-state index contributed by atoms with van der Waals surface area (Å²) in [6.07, 6.45) is 4.17. The fraction of sp³-hybridized carbons (Fsp3) is 0.708. The number of hydrogen-bond donors (Lipinski definition) is 2. The second-order valence-electron chi connectivity index (χ2n) is 9.22. The molecule has 5 nitrogen and oxygen atoms in total. The molecule has 0 spiro atoms. The van der Waals surface area contributed by atoms with E-state index in [4.69, 9.17) is 9.47 Å². The van der Waals surface area contributed by atoms with Crippen molar-refractivity contribution >= 4 is 5.78 Å². The lowest BCUT2D eigenvalue weighted by Gasteiger charge is -2.68. The third-order valence-corrected chi connectivity index (χ3v) is 8.56. The molecule has 0 amide bonds. The molecule has 4 unspecified atom stereocenters. The van der Waals surface area contributed by atoms with Crippen LogP contribution in [0.5, 0.6) is 11.5 Å². The Morgan fingerprint density at radius 1 is 1.34 bits per heavy atom. The number of phenols is 1. The van der Waals surface area contributed by atoms with Gasteiger partial charge in [0.05, 0.1) is 12.7 Å². The Morgan fingerprint density at radius 2 is 2.03 bits per heavy atom. The van der Waals surface area contributed by atoms with E-state index in [1.54, 1.807) is 21.1 Å². The van der Waals surface area contributed by atoms with Gasteiger partial charge in [-0.1, -0.05) is 13.0 Å². The van der Waals surface area contributed by atoms with Gasteiger partial charge in [-0.3, -0.25) is 4.79 Å². The maximum Gasteiger partial charge on any atom is 0.161 e. The molecule has 3 aliphatic carbocycles. The van der Waals surface area contributed by atoms with Crippen LogP contribution in [0.2, 0.25) is 0 Å². The Kier molecular flexibility index (Phi) is 5.78. The lowest BCUT2D eigenvalue weighted by molar-refractivity contribution is -0.206. The van der Waals surface area contributed by atoms with Gasteiger partial charge in [0.1, 0.15) is 5.78 Å². The minimum absolute atomic E-state index is 0.121. The fourth-order valence-electron chi connectivity index (χ4n) is 6.94. The van der Waals surface area contributed by atoms with Gasteiger partial charge in [-0.05, 0) is 77.0 Å². The Hall–Kier alpha value is -1.59. The van der Waals surface area contributed by atoms with Gasteiger partial charge in [0, 0.05) is 30.0 Å². The van der Waals surface area contributed by atoms with Gasteiger partial charge in [-0.2, -0.15) is 0 Å². The van der Waals surface area contributed by atoms with Gasteiger partial charge in [0.2, 0.25) is 0 Å². The molecule has 5 heteroatoms. The summed E-state index contributed by atoms with van der Waals surface area (Å²) in [6, 6.07) is 4.05. The number of carbonyl (C=O) groups excluding carboxylic acids is 1. The number of Topliss-reactive ketones (excluding diaryl/α,β-unsaturated/α-hetero) is 1. The SMILES string of the molecule is CC[C@@]1(c2c(C)ccc(OC)c2O)CC2(OC)CCC1(C(C)NC)CC2C(C)=O. The first-order valence-electron chi connectivity index (χ1n) is 10.8. The number of phenolic OH excluding ortho intramolecular Hbond substituents is 1. The molecule has 5 atom stereocenters. The van der Waals surface area contributed by atoms with Crippen LogP contribution in [0.15, 0.2) is 12.1 Å². The van der Waals surface area contributed by atoms with E-state index in [2.05, 4.69) is 26.1 Å². The molecule has 3 saturated carbocycles. The minimum atomic E-state index is -0.487. The highest BCUT2D eigenvalue weighted by Gasteiger charge is 2.69. The summed E-state index contributed by atoms with van der Waals surface area (Å²) in [5.74, 6) is 0.817. The lowest BCUT2D eigenvalue weighted by Crippen LogP contribution is -2.70. The predicted molar refractivity (Wildman–Crippen MR) is 115 cm³/mol. The average molecular weight is 404 g/mol. The molecular weight excluding hydrogens is 366 g/mol. The highest BCUT2D eigenvalue weighted by atomic mass is 16.5. The third kappa shape index (κ3) is 2.84. The number of benzene rings is 1. The first-order valence-corrected chi connectivity index (χ1v) is 10.8. The summed E-state index contributed by atoms with van der Waals surface area (Å²) in [6.45, 7) is 8.19. The third-order valence-electron chi connectivity index (χ3n) is 8.56. The molecule has 0 aliphatic heterocycles. The summed E-state index contributed by atoms with van der Waals surface area (Å²) < 4.78 is 11.6. The second kappa shape index (κ2) is 7.59. The van der Waals surface area contributed by atoms with E-state index in [9.17, 15) is 9.90 Å². The first kappa shape index (κ1) is 22.1. The molecule has 2 N–H and O–H groups in total. The predicted octanol–water partition coefficient (Wildman–Crippen LogP) is 4.13. The highest BCUT2D eigenvalue weighted by molar-refractivity contribution is 5.80. The van der Waals surface area contributed by atoms with Crippen LogP contribution in [0.4, 0.5) is 0 Å². The number of carbonyl (C=O) groups is 1. The number of rotatable bonds is 7. The summed E-state index contributed by atoms with van der Waals surface area (Å²) in [7, 11) is 5.33. The van der Waals surface area contributed by atoms with Gasteiger partial charge in [-0.25, -0.2) is 0 Å². The Labute approximate surface area is 175 Å². The van der Waals surface area contributed by atoms with Crippen molar-refractivity contribution in [3.05, 3.63) is 23.3 Å². The first-order chi connectivity index (χ1) is 13.7. The maximum atomic E-state index is 12.7. The molecule has 0 radical (unpaired) electrons. The highest BCUT2D eigenvalue weighted by Crippen LogP contribution is 2.69. The molecule has 1 aromatic carbocycles. The molecule has 1 aromatic rings. The van der Waals surface area contributed by atoms with E-state index in [0.717, 1.165) is 43.2 Å². The average Bonchev–Trinajstić information content (AvgIpc) is 2.73. The topological polar surface area (TPSA) is 67.8 Å². The smallest absolute Gasteiger partial charge is 0.161 e. The minimum Gasteiger partial charge on any atom is -0.504 e. The molecule has 162 valence electrons. The van der Waals surface area contributed by atoms with Gasteiger partial charge in [0.15, 0.2) is 11.5 Å². The van der Waals surface area contributed by atoms with Crippen molar-refractivity contribution in [1.82, 2.24) is 5.32 Å². The van der Waals surface area contributed by atoms with Crippen molar-refractivity contribution in [2.45, 2.75) is 76.9 Å². The number of nitrogens with one attached hydrogen (secondary N) is 1. The number of methoxy groups -OCH3 is 2. The van der Waals surface area contributed by atoms with Crippen molar-refractivity contribution in [2.75, 3.05) is 21.3 Å². The normalized spacial score (nSPS) is 34.8. The summed E-state index contributed by atoms with van der Waals surface area (Å²) in [4.78, 5) is 12.7. The zero-order valence-electron chi connectivity index (χ0n) is 19.0. The number of hydrogen-bond acceptors (Lipinski definition) is 5. The lowest BCUT2D eigenvalue weighted by atomic mass is 9.38. The van der Waals surface area contributed by atoms with Crippen molar-refractivity contribution in [2.24, 2.45) is 11.3 Å². The molecule has 2 bridgehead atoms. The van der Waals surface area contributed by atoms with E-state index in [-0.39, 0.29) is 34.3 Å².